The maximum atomic E-state index is 2.47. The summed E-state index contributed by atoms with van der Waals surface area (Å²) >= 11 is 0. The molecule has 0 amide bonds. The van der Waals surface area contributed by atoms with Crippen molar-refractivity contribution in [3.63, 3.8) is 0 Å². The highest BCUT2D eigenvalue weighted by atomic mass is 15.3. The summed E-state index contributed by atoms with van der Waals surface area (Å²) in [5.41, 5.74) is 18.7. The fourth-order valence-electron chi connectivity index (χ4n) is 11.7. The van der Waals surface area contributed by atoms with Crippen LogP contribution in [0.3, 0.4) is 0 Å². The first-order chi connectivity index (χ1) is 34.6. The van der Waals surface area contributed by atoms with Crippen LogP contribution >= 0.6 is 0 Å². The lowest BCUT2D eigenvalue weighted by Crippen LogP contribution is -2.24. The van der Waals surface area contributed by atoms with Gasteiger partial charge in [-0.05, 0) is 149 Å². The Hall–Kier alpha value is -9.12. The van der Waals surface area contributed by atoms with Crippen molar-refractivity contribution in [1.82, 2.24) is 0 Å². The van der Waals surface area contributed by atoms with Gasteiger partial charge in [0.05, 0.1) is 45.5 Å². The van der Waals surface area contributed by atoms with Gasteiger partial charge in [-0.1, -0.05) is 170 Å². The minimum absolute atomic E-state index is 1.11. The van der Waals surface area contributed by atoms with Crippen LogP contribution in [0.25, 0.3) is 76.5 Å². The third-order valence-corrected chi connectivity index (χ3v) is 14.9. The molecule has 4 nitrogen and oxygen atoms in total. The van der Waals surface area contributed by atoms with E-state index in [1.165, 1.54) is 87.8 Å². The average Bonchev–Trinajstić information content (AvgIpc) is 3.42. The fourth-order valence-corrected chi connectivity index (χ4v) is 11.7. The maximum absolute atomic E-state index is 2.47. The van der Waals surface area contributed by atoms with Crippen molar-refractivity contribution < 1.29 is 0 Å². The standard InChI is InChI=1S/C66H46N4/c1-67-57-29-9-13-33-61(57)69(62-34-14-10-30-58(62)67)45-38-40-54-55(41-45)65(51-28-18-22-44-20-4-6-24-48(44)51)53-39-37-46(70-63-35-15-11-31-59(63)68(2)60-32-12-16-36-64(60)70)42-56(53)66(54)52-26-8-7-25-50(52)49-27-17-21-43-19-3-5-23-47(43)49/h3-42H,1-2H3. The molecule has 0 atom stereocenters. The van der Waals surface area contributed by atoms with Gasteiger partial charge in [0.2, 0.25) is 0 Å². The fraction of sp³-hybridized carbons (Fsp3) is 0.0303. The van der Waals surface area contributed by atoms with E-state index in [2.05, 4.69) is 276 Å². The summed E-state index contributed by atoms with van der Waals surface area (Å²) in [5, 5.41) is 9.68. The predicted molar refractivity (Wildman–Crippen MR) is 298 cm³/mol. The zero-order valence-electron chi connectivity index (χ0n) is 38.9. The smallest absolute Gasteiger partial charge is 0.0699 e. The second-order valence-electron chi connectivity index (χ2n) is 18.6. The molecular formula is C66H46N4. The van der Waals surface area contributed by atoms with Gasteiger partial charge in [-0.3, -0.25) is 0 Å². The number of fused-ring (bicyclic) bond motifs is 8. The zero-order chi connectivity index (χ0) is 46.5. The normalized spacial score (nSPS) is 12.9. The van der Waals surface area contributed by atoms with Crippen LogP contribution in [0.15, 0.2) is 243 Å². The van der Waals surface area contributed by atoms with E-state index < -0.39 is 0 Å². The Morgan fingerprint density at radius 3 is 1.03 bits per heavy atom. The van der Waals surface area contributed by atoms with Crippen molar-refractivity contribution >= 4 is 100.0 Å². The topological polar surface area (TPSA) is 13.0 Å². The summed E-state index contributed by atoms with van der Waals surface area (Å²) < 4.78 is 0. The minimum Gasteiger partial charge on any atom is -0.341 e. The molecule has 0 saturated heterocycles. The number of nitrogens with zero attached hydrogens (tertiary/aromatic N) is 4. The summed E-state index contributed by atoms with van der Waals surface area (Å²) in [5.74, 6) is 0. The van der Waals surface area contributed by atoms with Crippen LogP contribution in [0.2, 0.25) is 0 Å². The van der Waals surface area contributed by atoms with Gasteiger partial charge in [0.25, 0.3) is 0 Å². The number of para-hydroxylation sites is 8. The van der Waals surface area contributed by atoms with E-state index in [0.29, 0.717) is 0 Å². The molecule has 0 radical (unpaired) electrons. The van der Waals surface area contributed by atoms with Crippen molar-refractivity contribution in [3.05, 3.63) is 243 Å². The van der Waals surface area contributed by atoms with Crippen molar-refractivity contribution in [3.8, 4) is 33.4 Å². The van der Waals surface area contributed by atoms with Crippen molar-refractivity contribution in [2.75, 3.05) is 33.7 Å². The van der Waals surface area contributed by atoms with Crippen LogP contribution in [0, 0.1) is 0 Å². The lowest BCUT2D eigenvalue weighted by Gasteiger charge is -2.39. The molecule has 4 heteroatoms. The Labute approximate surface area is 407 Å². The number of anilines is 10. The van der Waals surface area contributed by atoms with E-state index in [0.717, 1.165) is 45.5 Å². The van der Waals surface area contributed by atoms with Gasteiger partial charge >= 0.3 is 0 Å². The lowest BCUT2D eigenvalue weighted by molar-refractivity contribution is 1.13. The molecule has 0 bridgehead atoms. The summed E-state index contributed by atoms with van der Waals surface area (Å²) in [6.45, 7) is 0. The van der Waals surface area contributed by atoms with Gasteiger partial charge in [-0.2, -0.15) is 0 Å². The van der Waals surface area contributed by atoms with Crippen LogP contribution in [0.1, 0.15) is 0 Å². The Morgan fingerprint density at radius 2 is 0.557 bits per heavy atom. The molecule has 2 heterocycles. The highest BCUT2D eigenvalue weighted by molar-refractivity contribution is 6.26. The predicted octanol–water partition coefficient (Wildman–Crippen LogP) is 18.4. The largest absolute Gasteiger partial charge is 0.341 e. The molecule has 2 aliphatic heterocycles. The minimum atomic E-state index is 1.11. The average molecular weight is 895 g/mol. The summed E-state index contributed by atoms with van der Waals surface area (Å²) in [7, 11) is 4.35. The van der Waals surface area contributed by atoms with E-state index in [9.17, 15) is 0 Å². The SMILES string of the molecule is CN1c2ccccc2N(c2ccc3c(-c4cccc5ccccc45)c4cc(N5c6ccccc6N(C)c6ccccc65)ccc4c(-c4ccccc4-c4cccc5ccccc45)c3c2)c2ccccc21. The molecule has 330 valence electrons. The molecule has 0 aromatic heterocycles. The molecule has 0 N–H and O–H groups in total. The van der Waals surface area contributed by atoms with Gasteiger partial charge < -0.3 is 19.6 Å². The zero-order valence-corrected chi connectivity index (χ0v) is 38.9. The van der Waals surface area contributed by atoms with Gasteiger partial charge in [0, 0.05) is 25.5 Å². The molecule has 0 spiro atoms. The van der Waals surface area contributed by atoms with Crippen LogP contribution in [-0.2, 0) is 0 Å². The van der Waals surface area contributed by atoms with Crippen LogP contribution in [-0.4, -0.2) is 14.1 Å². The summed E-state index contributed by atoms with van der Waals surface area (Å²) in [6.07, 6.45) is 0. The number of hydrogen-bond acceptors (Lipinski definition) is 4. The second-order valence-corrected chi connectivity index (χ2v) is 18.6. The van der Waals surface area contributed by atoms with Gasteiger partial charge in [-0.15, -0.1) is 0 Å². The first-order valence-electron chi connectivity index (χ1n) is 24.1. The van der Waals surface area contributed by atoms with E-state index in [1.807, 2.05) is 0 Å². The Balaban J connectivity index is 1.14. The van der Waals surface area contributed by atoms with E-state index >= 15 is 0 Å². The van der Waals surface area contributed by atoms with Gasteiger partial charge in [-0.25, -0.2) is 0 Å². The molecule has 0 saturated carbocycles. The number of hydrogen-bond donors (Lipinski definition) is 0. The Bertz CT molecular complexity index is 3990. The molecule has 12 aromatic rings. The first kappa shape index (κ1) is 40.0. The third-order valence-electron chi connectivity index (χ3n) is 14.9. The van der Waals surface area contributed by atoms with E-state index in [-0.39, 0.29) is 0 Å². The van der Waals surface area contributed by atoms with Crippen molar-refractivity contribution in [1.29, 1.82) is 0 Å². The highest BCUT2D eigenvalue weighted by Gasteiger charge is 2.31. The Morgan fingerprint density at radius 1 is 0.229 bits per heavy atom. The number of rotatable bonds is 5. The van der Waals surface area contributed by atoms with Crippen molar-refractivity contribution in [2.45, 2.75) is 0 Å². The molecule has 14 rings (SSSR count). The monoisotopic (exact) mass is 894 g/mol. The van der Waals surface area contributed by atoms with Gasteiger partial charge in [0.1, 0.15) is 0 Å². The maximum Gasteiger partial charge on any atom is 0.0699 e. The van der Waals surface area contributed by atoms with Crippen LogP contribution < -0.4 is 19.6 Å². The third kappa shape index (κ3) is 5.96. The quantitative estimate of drug-likeness (QED) is 0.160. The first-order valence-corrected chi connectivity index (χ1v) is 24.1. The Kier molecular flexibility index (Phi) is 8.99. The van der Waals surface area contributed by atoms with Gasteiger partial charge in [0.15, 0.2) is 0 Å². The molecule has 2 aliphatic rings. The molecule has 0 unspecified atom stereocenters. The highest BCUT2D eigenvalue weighted by Crippen LogP contribution is 2.56. The second kappa shape index (κ2) is 15.7. The summed E-state index contributed by atoms with van der Waals surface area (Å²) in [6, 6.07) is 89.7. The molecule has 0 aliphatic carbocycles. The molecule has 0 fully saturated rings. The van der Waals surface area contributed by atoms with E-state index in [4.69, 9.17) is 0 Å². The molecule has 70 heavy (non-hydrogen) atoms. The summed E-state index contributed by atoms with van der Waals surface area (Å²) in [4.78, 5) is 9.54. The van der Waals surface area contributed by atoms with Crippen LogP contribution in [0.5, 0.6) is 0 Å². The lowest BCUT2D eigenvalue weighted by atomic mass is 9.82. The van der Waals surface area contributed by atoms with Crippen LogP contribution in [0.4, 0.5) is 56.9 Å². The molecule has 12 aromatic carbocycles. The van der Waals surface area contributed by atoms with Crippen molar-refractivity contribution in [2.24, 2.45) is 0 Å². The molecular weight excluding hydrogens is 849 g/mol. The number of benzene rings is 12. The van der Waals surface area contributed by atoms with E-state index in [1.54, 1.807) is 0 Å².